The Balaban J connectivity index is 1.35. The maximum atomic E-state index is 14.2. The number of Topliss-reactive ketones (excluding diaryl/α,β-unsaturated/α-hetero) is 2. The number of aliphatic carboxylic acids is 1. The molecule has 0 saturated heterocycles. The summed E-state index contributed by atoms with van der Waals surface area (Å²) in [5.74, 6) is 2.98. The molecule has 0 spiro atoms. The minimum absolute atomic E-state index is 0.00839. The third-order valence-electron chi connectivity index (χ3n) is 13.7. The second-order valence-electron chi connectivity index (χ2n) is 21.4. The summed E-state index contributed by atoms with van der Waals surface area (Å²) in [6, 6.07) is 19.7. The lowest BCUT2D eigenvalue weighted by molar-refractivity contribution is -0.141. The third kappa shape index (κ3) is 15.3. The van der Waals surface area contributed by atoms with E-state index in [-0.39, 0.29) is 72.4 Å². The van der Waals surface area contributed by atoms with Crippen LogP contribution in [0.15, 0.2) is 84.4 Å². The average molecular weight is 972 g/mol. The van der Waals surface area contributed by atoms with Gasteiger partial charge in [-0.1, -0.05) is 135 Å². The van der Waals surface area contributed by atoms with Gasteiger partial charge in [0.15, 0.2) is 5.78 Å². The van der Waals surface area contributed by atoms with Crippen LogP contribution < -0.4 is 20.9 Å². The quantitative estimate of drug-likeness (QED) is 0.0417. The maximum Gasteiger partial charge on any atom is 0.331 e. The number of carboxylic acids is 1. The Labute approximate surface area is 422 Å². The summed E-state index contributed by atoms with van der Waals surface area (Å²) < 4.78 is 0. The zero-order valence-corrected chi connectivity index (χ0v) is 44.2. The number of amides is 4. The van der Waals surface area contributed by atoms with E-state index in [1.54, 1.807) is 32.0 Å². The fourth-order valence-corrected chi connectivity index (χ4v) is 9.05. The van der Waals surface area contributed by atoms with Crippen LogP contribution in [0.5, 0.6) is 0 Å². The van der Waals surface area contributed by atoms with Gasteiger partial charge in [0.05, 0.1) is 30.4 Å². The molecule has 1 aliphatic heterocycles. The van der Waals surface area contributed by atoms with E-state index in [4.69, 9.17) is 0 Å². The number of hydrogen-bond acceptors (Lipinski definition) is 8. The first-order valence-corrected chi connectivity index (χ1v) is 24.9. The Bertz CT molecular complexity index is 2520. The number of fused-ring (bicyclic) bond motifs is 2. The van der Waals surface area contributed by atoms with Crippen molar-refractivity contribution in [3.8, 4) is 11.8 Å². The molecule has 1 unspecified atom stereocenters. The van der Waals surface area contributed by atoms with Gasteiger partial charge >= 0.3 is 5.97 Å². The molecule has 0 aromatic heterocycles. The van der Waals surface area contributed by atoms with Crippen molar-refractivity contribution >= 4 is 46.9 Å². The van der Waals surface area contributed by atoms with Crippen molar-refractivity contribution < 1.29 is 38.7 Å². The fourth-order valence-electron chi connectivity index (χ4n) is 9.05. The van der Waals surface area contributed by atoms with Gasteiger partial charge in [0.1, 0.15) is 11.8 Å². The smallest absolute Gasteiger partial charge is 0.331 e. The average Bonchev–Trinajstić information content (AvgIpc) is 3.30. The Hall–Kier alpha value is -6.39. The minimum atomic E-state index is -1.07. The monoisotopic (exact) mass is 972 g/mol. The number of rotatable bonds is 23. The molecular formula is C58H77N5O8. The molecule has 0 saturated carbocycles. The maximum absolute atomic E-state index is 14.2. The minimum Gasteiger partial charge on any atom is -0.478 e. The van der Waals surface area contributed by atoms with E-state index >= 15 is 0 Å². The van der Waals surface area contributed by atoms with Crippen molar-refractivity contribution in [2.24, 2.45) is 23.2 Å². The van der Waals surface area contributed by atoms with E-state index in [1.807, 2.05) is 135 Å². The van der Waals surface area contributed by atoms with Gasteiger partial charge in [-0.15, -0.1) is 0 Å². The van der Waals surface area contributed by atoms with Crippen molar-refractivity contribution in [2.75, 3.05) is 19.0 Å². The number of anilines is 1. The highest BCUT2D eigenvalue weighted by Gasteiger charge is 2.42. The van der Waals surface area contributed by atoms with Crippen molar-refractivity contribution in [1.29, 1.82) is 0 Å². The standard InChI is InChI=1S/C58H77N5O8/c1-36(2)46(34-45(64)26-17-19-28-50(66)63-35-43-24-15-14-22-41(43)29-30-42-23-16-18-27-47(42)63)53(67)60-39(6)49(65)33-40-21-20-25-44(32-40)58(10,11)51(59-12)54(68)61-52(57(7,8)9)55(69)62(13)48(37(3)4)31-38(5)56(70)71/h14-16,18,20-25,27,31-32,36-37,39,46,48,51-52,59H,17,19,26,28,33-35H2,1-13H3,(H,60,67)(H,61,68)(H,70,71)/b38-31+/t39-,46-,48+,51?,52+/m0/s1. The van der Waals surface area contributed by atoms with Crippen LogP contribution in [-0.2, 0) is 51.9 Å². The second kappa shape index (κ2) is 25.1. The first-order valence-electron chi connectivity index (χ1n) is 24.9. The van der Waals surface area contributed by atoms with Crippen molar-refractivity contribution in [1.82, 2.24) is 20.9 Å². The lowest BCUT2D eigenvalue weighted by Gasteiger charge is -2.40. The van der Waals surface area contributed by atoms with Gasteiger partial charge < -0.3 is 30.9 Å². The topological polar surface area (TPSA) is 182 Å². The Morgan fingerprint density at radius 1 is 0.775 bits per heavy atom. The zero-order chi connectivity index (χ0) is 53.0. The number of carbonyl (C=O) groups excluding carboxylic acids is 6. The largest absolute Gasteiger partial charge is 0.478 e. The molecule has 13 nitrogen and oxygen atoms in total. The number of nitrogens with one attached hydrogen (secondary N) is 3. The lowest BCUT2D eigenvalue weighted by atomic mass is 9.76. The van der Waals surface area contributed by atoms with Crippen LogP contribution in [0.4, 0.5) is 5.69 Å². The molecule has 0 radical (unpaired) electrons. The molecule has 3 aromatic carbocycles. The van der Waals surface area contributed by atoms with Crippen molar-refractivity contribution in [3.63, 3.8) is 0 Å². The van der Waals surface area contributed by atoms with Crippen LogP contribution in [0.3, 0.4) is 0 Å². The van der Waals surface area contributed by atoms with Gasteiger partial charge in [0.25, 0.3) is 0 Å². The summed E-state index contributed by atoms with van der Waals surface area (Å²) >= 11 is 0. The molecule has 5 atom stereocenters. The highest BCUT2D eigenvalue weighted by atomic mass is 16.4. The summed E-state index contributed by atoms with van der Waals surface area (Å²) in [5.41, 5.74) is 3.43. The number of carbonyl (C=O) groups is 7. The second-order valence-corrected chi connectivity index (χ2v) is 21.4. The molecule has 4 N–H and O–H groups in total. The van der Waals surface area contributed by atoms with Crippen LogP contribution in [0.25, 0.3) is 0 Å². The molecule has 0 bridgehead atoms. The van der Waals surface area contributed by atoms with Gasteiger partial charge in [-0.25, -0.2) is 4.79 Å². The van der Waals surface area contributed by atoms with E-state index in [0.29, 0.717) is 24.9 Å². The van der Waals surface area contributed by atoms with E-state index in [0.717, 1.165) is 27.9 Å². The molecule has 4 amide bonds. The number of para-hydroxylation sites is 1. The molecule has 3 aromatic rings. The van der Waals surface area contributed by atoms with Gasteiger partial charge in [-0.05, 0) is 85.9 Å². The van der Waals surface area contributed by atoms with E-state index in [1.165, 1.54) is 11.8 Å². The number of carboxylic acid groups (broad SMARTS) is 1. The highest BCUT2D eigenvalue weighted by molar-refractivity contribution is 5.96. The summed E-state index contributed by atoms with van der Waals surface area (Å²) in [6.07, 6.45) is 3.08. The molecule has 4 rings (SSSR count). The molecule has 71 heavy (non-hydrogen) atoms. The van der Waals surface area contributed by atoms with Gasteiger partial charge in [0, 0.05) is 60.8 Å². The Kier molecular flexibility index (Phi) is 20.2. The SMILES string of the molecule is CNC(C(=O)N[C@H](C(=O)N(C)[C@H](/C=C(\C)C(=O)O)C(C)C)C(C)(C)C)C(C)(C)c1cccc(CC(=O)[C@H](C)NC(=O)[C@@H](CC(=O)CCCCC(=O)N2Cc3ccccc3C#Cc3ccccc32)C(C)C)c1. The van der Waals surface area contributed by atoms with Gasteiger partial charge in [-0.2, -0.15) is 0 Å². The molecule has 13 heteroatoms. The van der Waals surface area contributed by atoms with Gasteiger partial charge in [0.2, 0.25) is 23.6 Å². The highest BCUT2D eigenvalue weighted by Crippen LogP contribution is 2.31. The zero-order valence-electron chi connectivity index (χ0n) is 44.2. The summed E-state index contributed by atoms with van der Waals surface area (Å²) in [4.78, 5) is 97.6. The first-order chi connectivity index (χ1) is 33.3. The number of likely N-dealkylation sites (N-methyl/N-ethyl adjacent to an activating group) is 2. The third-order valence-corrected chi connectivity index (χ3v) is 13.7. The van der Waals surface area contributed by atoms with Crippen molar-refractivity contribution in [2.45, 2.75) is 151 Å². The summed E-state index contributed by atoms with van der Waals surface area (Å²) in [7, 11) is 3.29. The molecule has 0 fully saturated rings. The van der Waals surface area contributed by atoms with E-state index in [2.05, 4.69) is 27.8 Å². The lowest BCUT2D eigenvalue weighted by Crippen LogP contribution is -2.61. The number of benzene rings is 3. The molecule has 0 aliphatic carbocycles. The molecule has 1 heterocycles. The number of hydrogen-bond donors (Lipinski definition) is 4. The fraction of sp³-hybridized carbons (Fsp3) is 0.500. The normalized spacial score (nSPS) is 14.8. The Morgan fingerprint density at radius 2 is 1.39 bits per heavy atom. The summed E-state index contributed by atoms with van der Waals surface area (Å²) in [5, 5.41) is 18.6. The molecular weight excluding hydrogens is 895 g/mol. The molecule has 382 valence electrons. The van der Waals surface area contributed by atoms with E-state index in [9.17, 15) is 38.7 Å². The van der Waals surface area contributed by atoms with Crippen molar-refractivity contribution in [3.05, 3.63) is 112 Å². The number of ketones is 2. The van der Waals surface area contributed by atoms with Crippen LogP contribution >= 0.6 is 0 Å². The Morgan fingerprint density at radius 3 is 2.01 bits per heavy atom. The first kappa shape index (κ1) is 57.2. The van der Waals surface area contributed by atoms with Crippen LogP contribution in [0.2, 0.25) is 0 Å². The summed E-state index contributed by atoms with van der Waals surface area (Å²) in [6.45, 7) is 20.5. The van der Waals surface area contributed by atoms with Crippen LogP contribution in [0, 0.1) is 35.0 Å². The van der Waals surface area contributed by atoms with Gasteiger partial charge in [-0.3, -0.25) is 28.8 Å². The predicted molar refractivity (Wildman–Crippen MR) is 279 cm³/mol. The number of unbranched alkanes of at least 4 members (excludes halogenated alkanes) is 1. The van der Waals surface area contributed by atoms with Crippen LogP contribution in [-0.4, -0.2) is 89.4 Å². The van der Waals surface area contributed by atoms with E-state index < -0.39 is 52.8 Å². The predicted octanol–water partition coefficient (Wildman–Crippen LogP) is 7.95. The molecule has 1 aliphatic rings. The number of nitrogens with zero attached hydrogens (tertiary/aromatic N) is 2. The van der Waals surface area contributed by atoms with Crippen LogP contribution in [0.1, 0.15) is 136 Å².